The van der Waals surface area contributed by atoms with Crippen molar-refractivity contribution in [2.24, 2.45) is 34.5 Å². The lowest BCUT2D eigenvalue weighted by Gasteiger charge is -2.62. The lowest BCUT2D eigenvalue weighted by Crippen LogP contribution is -2.55. The van der Waals surface area contributed by atoms with Gasteiger partial charge in [0, 0.05) is 19.3 Å². The van der Waals surface area contributed by atoms with Crippen LogP contribution < -0.4 is 0 Å². The number of esters is 2. The second-order valence-electron chi connectivity index (χ2n) is 10.1. The van der Waals surface area contributed by atoms with Crippen LogP contribution in [0.15, 0.2) is 11.6 Å². The highest BCUT2D eigenvalue weighted by molar-refractivity contribution is 5.66. The summed E-state index contributed by atoms with van der Waals surface area (Å²) in [5.41, 5.74) is 1.92. The largest absolute Gasteiger partial charge is 0.465 e. The molecular weight excluding hydrogens is 352 g/mol. The molecule has 0 bridgehead atoms. The van der Waals surface area contributed by atoms with Gasteiger partial charge < -0.3 is 9.47 Å². The molecule has 0 aromatic rings. The van der Waals surface area contributed by atoms with Crippen molar-refractivity contribution >= 4 is 11.9 Å². The van der Waals surface area contributed by atoms with Crippen LogP contribution in [0.25, 0.3) is 0 Å². The summed E-state index contributed by atoms with van der Waals surface area (Å²) in [6.45, 7) is 11.2. The van der Waals surface area contributed by atoms with E-state index in [4.69, 9.17) is 9.47 Å². The van der Waals surface area contributed by atoms with Gasteiger partial charge in [-0.1, -0.05) is 32.8 Å². The maximum atomic E-state index is 11.4. The summed E-state index contributed by atoms with van der Waals surface area (Å²) in [4.78, 5) is 22.5. The van der Waals surface area contributed by atoms with Crippen molar-refractivity contribution in [1.29, 1.82) is 0 Å². The standard InChI is InChI=1S/C24H38O4/c1-16-19(11-14-27-17(2)25)7-9-21-20(16)8-10-22-23(4,15-28-18(3)26)12-6-13-24(21,22)5/h11,16,20-22H,6-10,12-15H2,1-5H3/t16-,20+,21+,22-,23-,24+/m0/s1. The van der Waals surface area contributed by atoms with Gasteiger partial charge in [-0.05, 0) is 73.7 Å². The summed E-state index contributed by atoms with van der Waals surface area (Å²) < 4.78 is 10.7. The van der Waals surface area contributed by atoms with Gasteiger partial charge in [-0.15, -0.1) is 0 Å². The lowest BCUT2D eigenvalue weighted by molar-refractivity contribution is -0.161. The molecule has 3 aliphatic carbocycles. The van der Waals surface area contributed by atoms with E-state index >= 15 is 0 Å². The molecule has 3 saturated carbocycles. The molecule has 0 saturated heterocycles. The maximum absolute atomic E-state index is 11.4. The van der Waals surface area contributed by atoms with Crippen LogP contribution in [0.4, 0.5) is 0 Å². The van der Waals surface area contributed by atoms with Crippen LogP contribution in [0, 0.1) is 34.5 Å². The third kappa shape index (κ3) is 4.02. The number of carbonyl (C=O) groups is 2. The van der Waals surface area contributed by atoms with Gasteiger partial charge in [0.1, 0.15) is 6.61 Å². The second kappa shape index (κ2) is 8.20. The summed E-state index contributed by atoms with van der Waals surface area (Å²) in [5, 5.41) is 0. The van der Waals surface area contributed by atoms with E-state index in [0.29, 0.717) is 30.5 Å². The van der Waals surface area contributed by atoms with E-state index < -0.39 is 0 Å². The van der Waals surface area contributed by atoms with E-state index in [2.05, 4.69) is 26.8 Å². The van der Waals surface area contributed by atoms with Crippen molar-refractivity contribution < 1.29 is 19.1 Å². The number of fused-ring (bicyclic) bond motifs is 3. The highest BCUT2D eigenvalue weighted by Crippen LogP contribution is 2.65. The minimum atomic E-state index is -0.208. The van der Waals surface area contributed by atoms with Gasteiger partial charge in [0.25, 0.3) is 0 Å². The fraction of sp³-hybridized carbons (Fsp3) is 0.833. The van der Waals surface area contributed by atoms with E-state index in [1.54, 1.807) is 0 Å². The van der Waals surface area contributed by atoms with Gasteiger partial charge in [-0.3, -0.25) is 9.59 Å². The quantitative estimate of drug-likeness (QED) is 0.482. The predicted octanol–water partition coefficient (Wildman–Crippen LogP) is 5.31. The first kappa shape index (κ1) is 21.4. The first-order valence-electron chi connectivity index (χ1n) is 11.1. The number of hydrogen-bond acceptors (Lipinski definition) is 4. The van der Waals surface area contributed by atoms with Gasteiger partial charge in [0.15, 0.2) is 0 Å². The zero-order chi connectivity index (χ0) is 20.5. The fourth-order valence-electron chi connectivity index (χ4n) is 7.15. The van der Waals surface area contributed by atoms with Crippen LogP contribution in [0.5, 0.6) is 0 Å². The van der Waals surface area contributed by atoms with Gasteiger partial charge in [-0.25, -0.2) is 0 Å². The van der Waals surface area contributed by atoms with Gasteiger partial charge in [0.05, 0.1) is 6.61 Å². The third-order valence-corrected chi connectivity index (χ3v) is 8.46. The molecule has 6 atom stereocenters. The van der Waals surface area contributed by atoms with Crippen molar-refractivity contribution in [2.75, 3.05) is 13.2 Å². The third-order valence-electron chi connectivity index (χ3n) is 8.46. The van der Waals surface area contributed by atoms with Crippen molar-refractivity contribution in [3.05, 3.63) is 11.6 Å². The molecule has 0 N–H and O–H groups in total. The Bertz CT molecular complexity index is 639. The summed E-state index contributed by atoms with van der Waals surface area (Å²) in [6, 6.07) is 0. The van der Waals surface area contributed by atoms with E-state index in [0.717, 1.165) is 18.3 Å². The SMILES string of the molecule is CC(=O)OCC=C1CC[C@@H]2[C@H](CC[C@H]3[C@](C)(COC(C)=O)CCC[C@]23C)[C@H]1C. The smallest absolute Gasteiger partial charge is 0.302 e. The first-order valence-corrected chi connectivity index (χ1v) is 11.1. The first-order chi connectivity index (χ1) is 13.2. The predicted molar refractivity (Wildman–Crippen MR) is 110 cm³/mol. The molecule has 4 heteroatoms. The Labute approximate surface area is 170 Å². The van der Waals surface area contributed by atoms with Gasteiger partial charge in [-0.2, -0.15) is 0 Å². The Morgan fingerprint density at radius 1 is 1.07 bits per heavy atom. The zero-order valence-electron chi connectivity index (χ0n) is 18.4. The molecule has 0 unspecified atom stereocenters. The zero-order valence-corrected chi connectivity index (χ0v) is 18.4. The summed E-state index contributed by atoms with van der Waals surface area (Å²) in [7, 11) is 0. The van der Waals surface area contributed by atoms with Gasteiger partial charge >= 0.3 is 11.9 Å². The van der Waals surface area contributed by atoms with Crippen LogP contribution in [-0.4, -0.2) is 25.2 Å². The molecule has 3 fully saturated rings. The van der Waals surface area contributed by atoms with Crippen LogP contribution >= 0.6 is 0 Å². The highest BCUT2D eigenvalue weighted by Gasteiger charge is 2.57. The highest BCUT2D eigenvalue weighted by atomic mass is 16.5. The molecule has 0 aromatic carbocycles. The molecule has 3 aliphatic rings. The second-order valence-corrected chi connectivity index (χ2v) is 10.1. The molecule has 0 spiro atoms. The van der Waals surface area contributed by atoms with E-state index in [9.17, 15) is 9.59 Å². The van der Waals surface area contributed by atoms with Crippen LogP contribution in [0.1, 0.15) is 79.6 Å². The molecule has 0 aromatic heterocycles. The molecule has 0 radical (unpaired) electrons. The van der Waals surface area contributed by atoms with Crippen molar-refractivity contribution in [2.45, 2.75) is 79.6 Å². The average Bonchev–Trinajstić information content (AvgIpc) is 2.62. The summed E-state index contributed by atoms with van der Waals surface area (Å²) >= 11 is 0. The number of hydrogen-bond donors (Lipinski definition) is 0. The molecule has 3 rings (SSSR count). The lowest BCUT2D eigenvalue weighted by atomic mass is 9.43. The Balaban J connectivity index is 1.76. The molecule has 0 heterocycles. The number of ether oxygens (including phenoxy) is 2. The molecule has 158 valence electrons. The van der Waals surface area contributed by atoms with Gasteiger partial charge in [0.2, 0.25) is 0 Å². The van der Waals surface area contributed by atoms with E-state index in [1.807, 2.05) is 0 Å². The maximum Gasteiger partial charge on any atom is 0.302 e. The Hall–Kier alpha value is -1.32. The minimum Gasteiger partial charge on any atom is -0.465 e. The van der Waals surface area contributed by atoms with E-state index in [-0.39, 0.29) is 17.4 Å². The summed E-state index contributed by atoms with van der Waals surface area (Å²) in [6.07, 6.45) is 10.7. The number of carbonyl (C=O) groups excluding carboxylic acids is 2. The molecule has 0 amide bonds. The molecule has 0 aliphatic heterocycles. The normalized spacial score (nSPS) is 41.7. The molecule has 4 nitrogen and oxygen atoms in total. The Kier molecular flexibility index (Phi) is 6.26. The average molecular weight is 391 g/mol. The Morgan fingerprint density at radius 3 is 2.46 bits per heavy atom. The topological polar surface area (TPSA) is 52.6 Å². The van der Waals surface area contributed by atoms with Crippen LogP contribution in [-0.2, 0) is 19.1 Å². The Morgan fingerprint density at radius 2 is 1.79 bits per heavy atom. The number of rotatable bonds is 4. The van der Waals surface area contributed by atoms with Crippen molar-refractivity contribution in [3.63, 3.8) is 0 Å². The van der Waals surface area contributed by atoms with E-state index in [1.165, 1.54) is 57.9 Å². The molecular formula is C24H38O4. The fourth-order valence-corrected chi connectivity index (χ4v) is 7.15. The number of allylic oxidation sites excluding steroid dienone is 1. The van der Waals surface area contributed by atoms with Crippen molar-refractivity contribution in [1.82, 2.24) is 0 Å². The molecule has 28 heavy (non-hydrogen) atoms. The van der Waals surface area contributed by atoms with Crippen LogP contribution in [0.2, 0.25) is 0 Å². The van der Waals surface area contributed by atoms with Crippen LogP contribution in [0.3, 0.4) is 0 Å². The monoisotopic (exact) mass is 390 g/mol. The minimum absolute atomic E-state index is 0.109. The summed E-state index contributed by atoms with van der Waals surface area (Å²) in [5.74, 6) is 2.29. The van der Waals surface area contributed by atoms with Crippen molar-refractivity contribution in [3.8, 4) is 0 Å².